The van der Waals surface area contributed by atoms with Gasteiger partial charge in [-0.2, -0.15) is 0 Å². The summed E-state index contributed by atoms with van der Waals surface area (Å²) in [5.41, 5.74) is 0.659. The third-order valence-corrected chi connectivity index (χ3v) is 3.81. The lowest BCUT2D eigenvalue weighted by Crippen LogP contribution is -2.44. The molecule has 0 atom stereocenters. The molecule has 1 aromatic rings. The average Bonchev–Trinajstić information content (AvgIpc) is 2.94. The van der Waals surface area contributed by atoms with Crippen LogP contribution < -0.4 is 10.6 Å². The zero-order valence-corrected chi connectivity index (χ0v) is 14.4. The van der Waals surface area contributed by atoms with Gasteiger partial charge in [0.15, 0.2) is 0 Å². The molecule has 1 aromatic heterocycles. The minimum Gasteiger partial charge on any atom is -0.463 e. The first-order valence-electron chi connectivity index (χ1n) is 7.22. The van der Waals surface area contributed by atoms with Gasteiger partial charge in [-0.1, -0.05) is 32.5 Å². The topological polar surface area (TPSA) is 106 Å². The average molecular weight is 340 g/mol. The Hall–Kier alpha value is -2.03. The van der Waals surface area contributed by atoms with E-state index >= 15 is 0 Å². The zero-order valence-electron chi connectivity index (χ0n) is 13.6. The monoisotopic (exact) mass is 340 g/mol. The van der Waals surface area contributed by atoms with Crippen LogP contribution in [0.3, 0.4) is 0 Å². The second kappa shape index (κ2) is 7.03. The molecule has 1 aliphatic rings. The van der Waals surface area contributed by atoms with Gasteiger partial charge in [0.1, 0.15) is 0 Å². The van der Waals surface area contributed by atoms with Crippen molar-refractivity contribution in [1.82, 2.24) is 20.8 Å². The number of rotatable bonds is 5. The van der Waals surface area contributed by atoms with Gasteiger partial charge in [-0.15, -0.1) is 10.2 Å². The predicted octanol–water partition coefficient (Wildman–Crippen LogP) is 1.59. The molecule has 0 bridgehead atoms. The SMILES string of the molecule is CCOC(=O)C1=C(CSc2nnc(C(C)(C)C)o2)NC(=O)NC1. The number of nitrogens with one attached hydrogen (secondary N) is 2. The molecule has 0 radical (unpaired) electrons. The normalized spacial score (nSPS) is 15.2. The minimum atomic E-state index is -0.448. The first-order valence-corrected chi connectivity index (χ1v) is 8.20. The Morgan fingerprint density at radius 3 is 2.74 bits per heavy atom. The number of hydrogen-bond donors (Lipinski definition) is 2. The van der Waals surface area contributed by atoms with Gasteiger partial charge < -0.3 is 19.8 Å². The van der Waals surface area contributed by atoms with E-state index in [1.165, 1.54) is 11.8 Å². The fourth-order valence-electron chi connectivity index (χ4n) is 1.77. The van der Waals surface area contributed by atoms with Crippen LogP contribution in [0.1, 0.15) is 33.6 Å². The summed E-state index contributed by atoms with van der Waals surface area (Å²) in [6.07, 6.45) is 0. The fraction of sp³-hybridized carbons (Fsp3) is 0.571. The summed E-state index contributed by atoms with van der Waals surface area (Å²) in [5, 5.41) is 13.5. The quantitative estimate of drug-likeness (QED) is 0.619. The smallest absolute Gasteiger partial charge is 0.337 e. The highest BCUT2D eigenvalue weighted by molar-refractivity contribution is 7.99. The molecule has 0 spiro atoms. The van der Waals surface area contributed by atoms with Gasteiger partial charge in [-0.25, -0.2) is 9.59 Å². The number of hydrogen-bond acceptors (Lipinski definition) is 7. The Morgan fingerprint density at radius 2 is 2.13 bits per heavy atom. The number of carbonyl (C=O) groups is 2. The van der Waals surface area contributed by atoms with Gasteiger partial charge in [0.25, 0.3) is 5.22 Å². The van der Waals surface area contributed by atoms with E-state index in [-0.39, 0.29) is 24.6 Å². The van der Waals surface area contributed by atoms with Crippen LogP contribution in [0.2, 0.25) is 0 Å². The molecule has 1 aliphatic heterocycles. The van der Waals surface area contributed by atoms with Crippen molar-refractivity contribution in [2.24, 2.45) is 0 Å². The fourth-order valence-corrected chi connectivity index (χ4v) is 2.52. The molecule has 2 amide bonds. The summed E-state index contributed by atoms with van der Waals surface area (Å²) in [4.78, 5) is 23.4. The third kappa shape index (κ3) is 4.47. The molecule has 2 N–H and O–H groups in total. The lowest BCUT2D eigenvalue weighted by Gasteiger charge is -2.20. The van der Waals surface area contributed by atoms with Crippen molar-refractivity contribution in [3.05, 3.63) is 17.2 Å². The Bertz CT molecular complexity index is 633. The van der Waals surface area contributed by atoms with Crippen molar-refractivity contribution in [1.29, 1.82) is 0 Å². The third-order valence-electron chi connectivity index (χ3n) is 2.96. The van der Waals surface area contributed by atoms with Crippen LogP contribution in [-0.4, -0.2) is 41.1 Å². The molecule has 126 valence electrons. The molecular formula is C14H20N4O4S. The number of thioether (sulfide) groups is 1. The number of aromatic nitrogens is 2. The van der Waals surface area contributed by atoms with E-state index in [9.17, 15) is 9.59 Å². The molecule has 0 aliphatic carbocycles. The van der Waals surface area contributed by atoms with E-state index in [0.29, 0.717) is 28.1 Å². The first kappa shape index (κ1) is 17.3. The van der Waals surface area contributed by atoms with Crippen LogP contribution in [0.25, 0.3) is 0 Å². The number of ether oxygens (including phenoxy) is 1. The zero-order chi connectivity index (χ0) is 17.0. The molecule has 0 unspecified atom stereocenters. The van der Waals surface area contributed by atoms with E-state index in [1.807, 2.05) is 20.8 Å². The Morgan fingerprint density at radius 1 is 1.39 bits per heavy atom. The van der Waals surface area contributed by atoms with Crippen molar-refractivity contribution in [2.75, 3.05) is 18.9 Å². The highest BCUT2D eigenvalue weighted by Crippen LogP contribution is 2.26. The molecule has 0 fully saturated rings. The molecular weight excluding hydrogens is 320 g/mol. The highest BCUT2D eigenvalue weighted by atomic mass is 32.2. The molecule has 9 heteroatoms. The summed E-state index contributed by atoms with van der Waals surface area (Å²) < 4.78 is 10.6. The van der Waals surface area contributed by atoms with Crippen LogP contribution in [-0.2, 0) is 14.9 Å². The van der Waals surface area contributed by atoms with E-state index < -0.39 is 5.97 Å². The second-order valence-electron chi connectivity index (χ2n) is 5.90. The maximum absolute atomic E-state index is 11.9. The molecule has 0 aromatic carbocycles. The van der Waals surface area contributed by atoms with E-state index in [2.05, 4.69) is 20.8 Å². The van der Waals surface area contributed by atoms with Gasteiger partial charge >= 0.3 is 12.0 Å². The lowest BCUT2D eigenvalue weighted by molar-refractivity contribution is -0.138. The highest BCUT2D eigenvalue weighted by Gasteiger charge is 2.25. The molecule has 0 saturated carbocycles. The largest absolute Gasteiger partial charge is 0.463 e. The van der Waals surface area contributed by atoms with Crippen LogP contribution >= 0.6 is 11.8 Å². The number of amides is 2. The molecule has 8 nitrogen and oxygen atoms in total. The number of urea groups is 1. The molecule has 23 heavy (non-hydrogen) atoms. The van der Waals surface area contributed by atoms with Gasteiger partial charge in [0.05, 0.1) is 18.7 Å². The van der Waals surface area contributed by atoms with Crippen LogP contribution in [0.5, 0.6) is 0 Å². The first-order chi connectivity index (χ1) is 10.8. The predicted molar refractivity (Wildman–Crippen MR) is 83.9 cm³/mol. The molecule has 0 saturated heterocycles. The van der Waals surface area contributed by atoms with Crippen molar-refractivity contribution >= 4 is 23.8 Å². The summed E-state index contributed by atoms with van der Waals surface area (Å²) in [5.74, 6) is 0.415. The van der Waals surface area contributed by atoms with Gasteiger partial charge in [-0.3, -0.25) is 0 Å². The van der Waals surface area contributed by atoms with Crippen LogP contribution in [0, 0.1) is 0 Å². The summed E-state index contributed by atoms with van der Waals surface area (Å²) in [6, 6.07) is -0.352. The van der Waals surface area contributed by atoms with Crippen molar-refractivity contribution in [2.45, 2.75) is 38.3 Å². The lowest BCUT2D eigenvalue weighted by atomic mass is 9.97. The summed E-state index contributed by atoms with van der Waals surface area (Å²) >= 11 is 1.26. The second-order valence-corrected chi connectivity index (χ2v) is 6.82. The van der Waals surface area contributed by atoms with E-state index in [1.54, 1.807) is 6.92 Å². The van der Waals surface area contributed by atoms with Crippen molar-refractivity contribution in [3.8, 4) is 0 Å². The Labute approximate surface area is 138 Å². The number of carbonyl (C=O) groups excluding carboxylic acids is 2. The minimum absolute atomic E-state index is 0.137. The summed E-state index contributed by atoms with van der Waals surface area (Å²) in [6.45, 7) is 8.07. The Balaban J connectivity index is 2.10. The van der Waals surface area contributed by atoms with Gasteiger partial charge in [-0.05, 0) is 6.92 Å². The maximum Gasteiger partial charge on any atom is 0.337 e. The number of nitrogens with zero attached hydrogens (tertiary/aromatic N) is 2. The van der Waals surface area contributed by atoms with E-state index in [4.69, 9.17) is 9.15 Å². The molecule has 2 heterocycles. The van der Waals surface area contributed by atoms with Crippen molar-refractivity contribution < 1.29 is 18.7 Å². The van der Waals surface area contributed by atoms with Crippen LogP contribution in [0.4, 0.5) is 4.79 Å². The van der Waals surface area contributed by atoms with Gasteiger partial charge in [0.2, 0.25) is 5.89 Å². The number of esters is 1. The van der Waals surface area contributed by atoms with E-state index in [0.717, 1.165) is 0 Å². The van der Waals surface area contributed by atoms with Crippen LogP contribution in [0.15, 0.2) is 20.9 Å². The molecule has 2 rings (SSSR count). The standard InChI is InChI=1S/C14H20N4O4S/c1-5-21-10(19)8-6-15-12(20)16-9(8)7-23-13-18-17-11(22-13)14(2,3)4/h5-7H2,1-4H3,(H2,15,16,20). The van der Waals surface area contributed by atoms with Gasteiger partial charge in [0, 0.05) is 16.9 Å². The summed E-state index contributed by atoms with van der Waals surface area (Å²) in [7, 11) is 0. The van der Waals surface area contributed by atoms with Crippen molar-refractivity contribution in [3.63, 3.8) is 0 Å². The Kier molecular flexibility index (Phi) is 5.30. The maximum atomic E-state index is 11.9.